The van der Waals surface area contributed by atoms with Crippen molar-refractivity contribution in [2.45, 2.75) is 240 Å². The maximum absolute atomic E-state index is 14.5. The Morgan fingerprint density at radius 3 is 2.26 bits per heavy atom. The molecule has 0 aromatic heterocycles. The van der Waals surface area contributed by atoms with E-state index in [2.05, 4.69) is 48.3 Å². The van der Waals surface area contributed by atoms with E-state index in [-0.39, 0.29) is 92.8 Å². The minimum atomic E-state index is -1.35. The van der Waals surface area contributed by atoms with Crippen LogP contribution in [0.3, 0.4) is 0 Å². The molecule has 8 fully saturated rings. The van der Waals surface area contributed by atoms with E-state index in [0.29, 0.717) is 49.8 Å². The summed E-state index contributed by atoms with van der Waals surface area (Å²) < 4.78 is 59.3. The van der Waals surface area contributed by atoms with Crippen LogP contribution in [0, 0.1) is 17.8 Å². The highest BCUT2D eigenvalue weighted by Crippen LogP contribution is 2.51. The summed E-state index contributed by atoms with van der Waals surface area (Å²) in [6.45, 7) is 15.6. The zero-order chi connectivity index (χ0) is 58.7. The molecular formula is C59H86N6O17. The second-order valence-corrected chi connectivity index (χ2v) is 24.4. The molecule has 8 saturated heterocycles. The Bertz CT molecular complexity index is 2500. The number of Topliss-reactive ketones (excluding diaryl/α,β-unsaturated/α-hetero) is 1. The van der Waals surface area contributed by atoms with Gasteiger partial charge in [-0.05, 0) is 93.6 Å². The molecule has 82 heavy (non-hydrogen) atoms. The Hall–Kier alpha value is -4.92. The topological polar surface area (TPSA) is 326 Å². The molecule has 1 spiro atoms. The number of methoxy groups -OCH3 is 1. The van der Waals surface area contributed by atoms with Gasteiger partial charge in [-0.15, -0.1) is 0 Å². The quantitative estimate of drug-likeness (QED) is 0.117. The lowest BCUT2D eigenvalue weighted by Crippen LogP contribution is -2.62. The van der Waals surface area contributed by atoms with E-state index in [1.165, 1.54) is 26.0 Å². The number of aliphatic hydroxyl groups is 2. The lowest BCUT2D eigenvalue weighted by Gasteiger charge is -2.50. The monoisotopic (exact) mass is 1150 g/mol. The third-order valence-electron chi connectivity index (χ3n) is 18.1. The van der Waals surface area contributed by atoms with Crippen LogP contribution in [0.5, 0.6) is 0 Å². The number of nitrogens with two attached hydrogens (primary N) is 2. The molecule has 0 saturated carbocycles. The van der Waals surface area contributed by atoms with Crippen molar-refractivity contribution in [3.63, 3.8) is 0 Å². The van der Waals surface area contributed by atoms with Crippen LogP contribution in [0.2, 0.25) is 0 Å². The molecule has 23 nitrogen and oxygen atoms in total. The zero-order valence-electron chi connectivity index (χ0n) is 47.8. The van der Waals surface area contributed by atoms with Gasteiger partial charge in [0.2, 0.25) is 23.6 Å². The number of anilines is 1. The van der Waals surface area contributed by atoms with Crippen molar-refractivity contribution in [3.8, 4) is 0 Å². The largest absolute Gasteiger partial charge is 0.445 e. The van der Waals surface area contributed by atoms with Crippen molar-refractivity contribution < 1.29 is 81.6 Å². The second kappa shape index (κ2) is 26.6. The number of ketones is 1. The highest BCUT2D eigenvalue weighted by atomic mass is 16.7. The molecule has 1 aromatic carbocycles. The van der Waals surface area contributed by atoms with E-state index >= 15 is 0 Å². The molecule has 454 valence electrons. The van der Waals surface area contributed by atoms with E-state index in [4.69, 9.17) is 54.1 Å². The van der Waals surface area contributed by atoms with Gasteiger partial charge in [0.25, 0.3) is 0 Å². The van der Waals surface area contributed by atoms with Crippen molar-refractivity contribution in [1.29, 1.82) is 0 Å². The average Bonchev–Trinajstić information content (AvgIpc) is 3.55. The van der Waals surface area contributed by atoms with Gasteiger partial charge in [0.15, 0.2) is 5.79 Å². The summed E-state index contributed by atoms with van der Waals surface area (Å²) in [5, 5.41) is 32.9. The van der Waals surface area contributed by atoms with Gasteiger partial charge in [-0.2, -0.15) is 0 Å². The van der Waals surface area contributed by atoms with Crippen molar-refractivity contribution >= 4 is 41.2 Å². The summed E-state index contributed by atoms with van der Waals surface area (Å²) in [6.07, 6.45) is -1.48. The average molecular weight is 1150 g/mol. The summed E-state index contributed by atoms with van der Waals surface area (Å²) in [6, 6.07) is 2.99. The predicted molar refractivity (Wildman–Crippen MR) is 294 cm³/mol. The number of amides is 5. The number of rotatable bonds is 15. The molecule has 0 radical (unpaired) electrons. The van der Waals surface area contributed by atoms with Crippen molar-refractivity contribution in [2.75, 3.05) is 19.0 Å². The third-order valence-corrected chi connectivity index (χ3v) is 18.1. The summed E-state index contributed by atoms with van der Waals surface area (Å²) in [5.74, 6) is -4.35. The fraction of sp³-hybridized carbons (Fsp3) is 0.729. The molecule has 1 aromatic rings. The van der Waals surface area contributed by atoms with Gasteiger partial charge in [-0.25, -0.2) is 4.79 Å². The first-order valence-corrected chi connectivity index (χ1v) is 29.4. The molecule has 6 unspecified atom stereocenters. The van der Waals surface area contributed by atoms with E-state index in [1.54, 1.807) is 19.2 Å². The molecule has 23 heteroatoms. The molecule has 8 aliphatic rings. The lowest BCUT2D eigenvalue weighted by atomic mass is 9.80. The molecule has 0 aliphatic carbocycles. The van der Waals surface area contributed by atoms with Gasteiger partial charge >= 0.3 is 6.09 Å². The Kier molecular flexibility index (Phi) is 20.0. The van der Waals surface area contributed by atoms with E-state index < -0.39 is 115 Å². The molecule has 10 N–H and O–H groups in total. The molecule has 8 aliphatic heterocycles. The molecular weight excluding hydrogens is 1060 g/mol. The maximum Gasteiger partial charge on any atom is 0.407 e. The number of benzene rings is 1. The minimum Gasteiger partial charge on any atom is -0.445 e. The third kappa shape index (κ3) is 14.6. The highest BCUT2D eigenvalue weighted by molar-refractivity contribution is 6.00. The van der Waals surface area contributed by atoms with Gasteiger partial charge in [0, 0.05) is 69.7 Å². The van der Waals surface area contributed by atoms with Crippen molar-refractivity contribution in [2.24, 2.45) is 29.2 Å². The smallest absolute Gasteiger partial charge is 0.407 e. The number of hydrogen-bond donors (Lipinski definition) is 8. The number of alkyl carbamates (subject to hydrolysis) is 1. The first kappa shape index (κ1) is 61.6. The number of carbonyl (C=O) groups excluding carboxylic acids is 6. The number of nitrogens with one attached hydrogen (secondary N) is 4. The fourth-order valence-electron chi connectivity index (χ4n) is 13.6. The van der Waals surface area contributed by atoms with Gasteiger partial charge < -0.3 is 85.6 Å². The van der Waals surface area contributed by atoms with Crippen molar-refractivity contribution in [1.82, 2.24) is 16.0 Å². The van der Waals surface area contributed by atoms with Gasteiger partial charge in [0.1, 0.15) is 36.7 Å². The van der Waals surface area contributed by atoms with Crippen LogP contribution in [0.4, 0.5) is 10.5 Å². The maximum atomic E-state index is 14.5. The summed E-state index contributed by atoms with van der Waals surface area (Å²) in [4.78, 5) is 77.1. The first-order valence-electron chi connectivity index (χ1n) is 29.4. The van der Waals surface area contributed by atoms with E-state index in [1.807, 2.05) is 0 Å². The molecule has 5 amide bonds. The van der Waals surface area contributed by atoms with Gasteiger partial charge in [-0.1, -0.05) is 39.1 Å². The zero-order valence-corrected chi connectivity index (χ0v) is 47.8. The second-order valence-electron chi connectivity index (χ2n) is 24.4. The van der Waals surface area contributed by atoms with Crippen LogP contribution in [-0.2, 0) is 73.2 Å². The first-order chi connectivity index (χ1) is 39.0. The van der Waals surface area contributed by atoms with E-state index in [0.717, 1.165) is 36.8 Å². The normalized spacial score (nSPS) is 37.9. The van der Waals surface area contributed by atoms with E-state index in [9.17, 15) is 39.0 Å². The summed E-state index contributed by atoms with van der Waals surface area (Å²) in [7, 11) is 1.57. The Morgan fingerprint density at radius 1 is 0.805 bits per heavy atom. The highest BCUT2D eigenvalue weighted by Gasteiger charge is 2.62. The van der Waals surface area contributed by atoms with Crippen molar-refractivity contribution in [3.05, 3.63) is 54.1 Å². The van der Waals surface area contributed by atoms with Crippen LogP contribution in [0.1, 0.15) is 123 Å². The minimum absolute atomic E-state index is 0.0139. The molecule has 8 heterocycles. The van der Waals surface area contributed by atoms with Crippen LogP contribution < -0.4 is 32.7 Å². The summed E-state index contributed by atoms with van der Waals surface area (Å²) >= 11 is 0. The lowest BCUT2D eigenvalue weighted by molar-refractivity contribution is -0.290. The number of aliphatic hydroxyl groups excluding tert-OH is 2. The number of hydrogen-bond acceptors (Lipinski definition) is 18. The van der Waals surface area contributed by atoms with Crippen LogP contribution in [0.25, 0.3) is 0 Å². The molecule has 9 rings (SSSR count). The standard InChI is InChI=1S/C59H86N6O17/c1-28-18-38-12-14-44-29(2)19-40(76-44)16-17-59-25-43(68)53(82-59)50-31(4)51(81-59)54-45(80-50)15-13-39(78-54)20-36(66)21-41-47(24-46(77-38)30(28)3)79-48(52(41)74-7)22-37(67)26-62-58(73)75-27-34-8-10-35(11-9-34)64-57(72)42(23-49(61)69)65-56(71)33(6)63-55(70)32(5)60/h8-11,28,31-33,37-48,50-54,67-68H,2-3,12-27,60H2,1,4-7H3,(H2,61,69)(H,62,73)(H,63,70)(H,64,72)(H,65,71)/t28-,31-,32+,33+,37+,38+,39?,40?,41+,42?,43-,44?,45+,46?,47?,48-,50-,51-,52-,53+,54+,59-/m1/s1. The number of carbonyl (C=O) groups is 6. The van der Waals surface area contributed by atoms with Gasteiger partial charge in [-0.3, -0.25) is 24.0 Å². The predicted octanol–water partition coefficient (Wildman–Crippen LogP) is 2.79. The fourth-order valence-corrected chi connectivity index (χ4v) is 13.6. The number of ether oxygens (including phenoxy) is 9. The Morgan fingerprint density at radius 2 is 1.52 bits per heavy atom. The Labute approximate surface area is 479 Å². The summed E-state index contributed by atoms with van der Waals surface area (Å²) in [5.41, 5.74) is 13.8. The van der Waals surface area contributed by atoms with Gasteiger partial charge in [0.05, 0.1) is 91.8 Å². The van der Waals surface area contributed by atoms with Crippen LogP contribution >= 0.6 is 0 Å². The SMILES string of the molecule is C=C1CC2CC[C@]34C[C@@H](O)[C@H](O3)[C@@H]3O[C@H]5CCC(CC(=O)C[C@H]6C(CC7O[C@@H](CCC1O2)C[C@@H](C)C7=C)O[C@H](C[C@H](O)CNC(=O)OCc1ccc(NC(=O)C(CC(N)=O)NC(=O)[C@H](C)NC(=O)[C@H](C)N)cc1)[C@@H]6OC)O[C@@H]5[C@H](O4)[C@@H]3C. The number of fused-ring (bicyclic) bond motifs is 9. The molecule has 10 bridgehead atoms. The Balaban J connectivity index is 0.822. The molecule has 22 atom stereocenters. The number of primary amides is 1. The van der Waals surface area contributed by atoms with Crippen LogP contribution in [0.15, 0.2) is 48.6 Å². The van der Waals surface area contributed by atoms with Crippen LogP contribution in [-0.4, -0.2) is 175 Å².